The van der Waals surface area contributed by atoms with Crippen LogP contribution in [0.15, 0.2) is 51.9 Å². The predicted octanol–water partition coefficient (Wildman–Crippen LogP) is 3.08. The molecule has 1 aromatic heterocycles. The molecule has 0 spiro atoms. The maximum atomic E-state index is 13.2. The summed E-state index contributed by atoms with van der Waals surface area (Å²) in [5.74, 6) is 0.707. The van der Waals surface area contributed by atoms with Gasteiger partial charge in [0.25, 0.3) is 0 Å². The van der Waals surface area contributed by atoms with Crippen LogP contribution in [0.4, 0.5) is 0 Å². The second-order valence-electron chi connectivity index (χ2n) is 8.70. The van der Waals surface area contributed by atoms with Crippen molar-refractivity contribution in [1.82, 2.24) is 19.3 Å². The largest absolute Gasteiger partial charge is 0.465 e. The number of carbonyl (C=O) groups excluding carboxylic acids is 1. The van der Waals surface area contributed by atoms with Crippen LogP contribution in [-0.2, 0) is 21.2 Å². The molecule has 1 fully saturated rings. The van der Waals surface area contributed by atoms with E-state index in [1.54, 1.807) is 13.0 Å². The van der Waals surface area contributed by atoms with Crippen LogP contribution < -0.4 is 0 Å². The third-order valence-electron chi connectivity index (χ3n) is 6.19. The SMILES string of the molecule is COC(=O)c1ccc(S(=O)(=O)N2CCN(CCCc3nc(-c4ccc(C)cc4)no3)CC2)c(C)c1. The van der Waals surface area contributed by atoms with Crippen molar-refractivity contribution in [2.75, 3.05) is 39.8 Å². The van der Waals surface area contributed by atoms with Crippen molar-refractivity contribution in [3.8, 4) is 11.4 Å². The summed E-state index contributed by atoms with van der Waals surface area (Å²) in [6.45, 7) is 6.68. The first-order valence-electron chi connectivity index (χ1n) is 11.6. The van der Waals surface area contributed by atoms with Crippen molar-refractivity contribution in [3.63, 3.8) is 0 Å². The van der Waals surface area contributed by atoms with E-state index in [0.29, 0.717) is 55.4 Å². The molecule has 0 unspecified atom stereocenters. The summed E-state index contributed by atoms with van der Waals surface area (Å²) in [7, 11) is -2.34. The summed E-state index contributed by atoms with van der Waals surface area (Å²) in [5.41, 5.74) is 2.97. The van der Waals surface area contributed by atoms with Gasteiger partial charge in [0.1, 0.15) is 0 Å². The molecule has 10 heteroatoms. The molecule has 4 rings (SSSR count). The van der Waals surface area contributed by atoms with E-state index in [1.165, 1.54) is 29.1 Å². The standard InChI is InChI=1S/C25H30N4O5S/c1-18-6-8-20(9-7-18)24-26-23(34-27-24)5-4-12-28-13-15-29(16-14-28)35(31,32)22-11-10-21(17-19(22)2)25(30)33-3/h6-11,17H,4-5,12-16H2,1-3H3. The van der Waals surface area contributed by atoms with Gasteiger partial charge >= 0.3 is 5.97 Å². The van der Waals surface area contributed by atoms with Gasteiger partial charge in [-0.15, -0.1) is 0 Å². The summed E-state index contributed by atoms with van der Waals surface area (Å²) in [6, 6.07) is 12.5. The quantitative estimate of drug-likeness (QED) is 0.436. The predicted molar refractivity (Wildman–Crippen MR) is 131 cm³/mol. The molecule has 1 aliphatic rings. The molecular formula is C25H30N4O5S. The number of carbonyl (C=O) groups is 1. The van der Waals surface area contributed by atoms with Crippen molar-refractivity contribution in [3.05, 3.63) is 65.0 Å². The molecular weight excluding hydrogens is 468 g/mol. The Morgan fingerprint density at radius 3 is 2.43 bits per heavy atom. The van der Waals surface area contributed by atoms with Crippen molar-refractivity contribution in [2.24, 2.45) is 0 Å². The Hall–Kier alpha value is -3.08. The Labute approximate surface area is 205 Å². The fourth-order valence-corrected chi connectivity index (χ4v) is 5.77. The summed E-state index contributed by atoms with van der Waals surface area (Å²) in [5, 5.41) is 4.08. The van der Waals surface area contributed by atoms with E-state index >= 15 is 0 Å². The molecule has 1 aliphatic heterocycles. The summed E-state index contributed by atoms with van der Waals surface area (Å²) < 4.78 is 37.9. The first-order valence-corrected chi connectivity index (χ1v) is 13.0. The molecule has 3 aromatic rings. The first-order chi connectivity index (χ1) is 16.8. The Kier molecular flexibility index (Phi) is 7.63. The van der Waals surface area contributed by atoms with Crippen molar-refractivity contribution < 1.29 is 22.5 Å². The fourth-order valence-electron chi connectivity index (χ4n) is 4.15. The monoisotopic (exact) mass is 498 g/mol. The number of benzene rings is 2. The number of aryl methyl sites for hydroxylation is 3. The van der Waals surface area contributed by atoms with E-state index in [0.717, 1.165) is 18.5 Å². The van der Waals surface area contributed by atoms with Crippen molar-refractivity contribution in [2.45, 2.75) is 31.6 Å². The van der Waals surface area contributed by atoms with Gasteiger partial charge in [0, 0.05) is 38.2 Å². The molecule has 9 nitrogen and oxygen atoms in total. The maximum absolute atomic E-state index is 13.2. The van der Waals surface area contributed by atoms with Crippen LogP contribution in [-0.4, -0.2) is 73.6 Å². The Morgan fingerprint density at radius 2 is 1.77 bits per heavy atom. The van der Waals surface area contributed by atoms with E-state index < -0.39 is 16.0 Å². The molecule has 0 saturated carbocycles. The van der Waals surface area contributed by atoms with Gasteiger partial charge in [-0.2, -0.15) is 9.29 Å². The highest BCUT2D eigenvalue weighted by molar-refractivity contribution is 7.89. The van der Waals surface area contributed by atoms with Gasteiger partial charge in [-0.3, -0.25) is 0 Å². The molecule has 35 heavy (non-hydrogen) atoms. The minimum Gasteiger partial charge on any atom is -0.465 e. The van der Waals surface area contributed by atoms with Crippen LogP contribution in [0.25, 0.3) is 11.4 Å². The van der Waals surface area contributed by atoms with Gasteiger partial charge < -0.3 is 14.2 Å². The number of methoxy groups -OCH3 is 1. The number of ether oxygens (including phenoxy) is 1. The molecule has 0 radical (unpaired) electrons. The fraction of sp³-hybridized carbons (Fsp3) is 0.400. The number of hydrogen-bond donors (Lipinski definition) is 0. The normalized spacial score (nSPS) is 15.3. The minimum absolute atomic E-state index is 0.222. The van der Waals surface area contributed by atoms with Crippen LogP contribution in [0.1, 0.15) is 33.8 Å². The lowest BCUT2D eigenvalue weighted by Crippen LogP contribution is -2.48. The van der Waals surface area contributed by atoms with Gasteiger partial charge in [0.05, 0.1) is 17.6 Å². The van der Waals surface area contributed by atoms with E-state index in [1.807, 2.05) is 31.2 Å². The number of aromatic nitrogens is 2. The molecule has 2 aromatic carbocycles. The average molecular weight is 499 g/mol. The highest BCUT2D eigenvalue weighted by atomic mass is 32.2. The number of sulfonamides is 1. The highest BCUT2D eigenvalue weighted by Crippen LogP contribution is 2.23. The van der Waals surface area contributed by atoms with Gasteiger partial charge in [0.2, 0.25) is 21.7 Å². The molecule has 2 heterocycles. The summed E-state index contributed by atoms with van der Waals surface area (Å²) in [6.07, 6.45) is 1.51. The Bertz CT molecular complexity index is 1280. The molecule has 0 atom stereocenters. The van der Waals surface area contributed by atoms with E-state index in [-0.39, 0.29) is 4.90 Å². The molecule has 186 valence electrons. The van der Waals surface area contributed by atoms with Crippen LogP contribution in [0.2, 0.25) is 0 Å². The number of piperazine rings is 1. The van der Waals surface area contributed by atoms with Gasteiger partial charge in [-0.25, -0.2) is 13.2 Å². The summed E-state index contributed by atoms with van der Waals surface area (Å²) in [4.78, 5) is 18.7. The first kappa shape index (κ1) is 25.0. The van der Waals surface area contributed by atoms with Crippen LogP contribution in [0, 0.1) is 13.8 Å². The van der Waals surface area contributed by atoms with Crippen molar-refractivity contribution in [1.29, 1.82) is 0 Å². The lowest BCUT2D eigenvalue weighted by molar-refractivity contribution is 0.0600. The van der Waals surface area contributed by atoms with Crippen molar-refractivity contribution >= 4 is 16.0 Å². The van der Waals surface area contributed by atoms with Gasteiger partial charge in [0.15, 0.2) is 0 Å². The van der Waals surface area contributed by atoms with Gasteiger partial charge in [-0.1, -0.05) is 35.0 Å². The van der Waals surface area contributed by atoms with Crippen LogP contribution in [0.5, 0.6) is 0 Å². The second kappa shape index (κ2) is 10.7. The Balaban J connectivity index is 1.27. The topological polar surface area (TPSA) is 106 Å². The number of nitrogens with zero attached hydrogens (tertiary/aromatic N) is 4. The molecule has 1 saturated heterocycles. The Morgan fingerprint density at radius 1 is 1.06 bits per heavy atom. The second-order valence-corrected chi connectivity index (χ2v) is 10.6. The number of hydrogen-bond acceptors (Lipinski definition) is 8. The highest BCUT2D eigenvalue weighted by Gasteiger charge is 2.30. The third kappa shape index (κ3) is 5.77. The minimum atomic E-state index is -3.63. The van der Waals surface area contributed by atoms with Crippen LogP contribution >= 0.6 is 0 Å². The average Bonchev–Trinajstić information content (AvgIpc) is 3.33. The molecule has 0 bridgehead atoms. The van der Waals surface area contributed by atoms with Crippen LogP contribution in [0.3, 0.4) is 0 Å². The maximum Gasteiger partial charge on any atom is 0.337 e. The zero-order valence-corrected chi connectivity index (χ0v) is 21.0. The summed E-state index contributed by atoms with van der Waals surface area (Å²) >= 11 is 0. The lowest BCUT2D eigenvalue weighted by atomic mass is 10.1. The smallest absolute Gasteiger partial charge is 0.337 e. The number of rotatable bonds is 8. The molecule has 0 N–H and O–H groups in total. The third-order valence-corrected chi connectivity index (χ3v) is 8.25. The van der Waals surface area contributed by atoms with E-state index in [9.17, 15) is 13.2 Å². The van der Waals surface area contributed by atoms with Gasteiger partial charge in [-0.05, 0) is 50.6 Å². The van der Waals surface area contributed by atoms with E-state index in [2.05, 4.69) is 15.0 Å². The zero-order valence-electron chi connectivity index (χ0n) is 20.2. The number of esters is 1. The van der Waals surface area contributed by atoms with E-state index in [4.69, 9.17) is 9.26 Å². The molecule has 0 aliphatic carbocycles. The zero-order chi connectivity index (χ0) is 25.0. The molecule has 0 amide bonds. The lowest BCUT2D eigenvalue weighted by Gasteiger charge is -2.34.